The van der Waals surface area contributed by atoms with E-state index in [0.29, 0.717) is 66.7 Å². The van der Waals surface area contributed by atoms with E-state index in [9.17, 15) is 10.2 Å². The van der Waals surface area contributed by atoms with Crippen molar-refractivity contribution in [3.63, 3.8) is 0 Å². The van der Waals surface area contributed by atoms with Crippen LogP contribution in [0.2, 0.25) is 0 Å². The van der Waals surface area contributed by atoms with Gasteiger partial charge in [0.1, 0.15) is 61.8 Å². The maximum absolute atomic E-state index is 9.99. The van der Waals surface area contributed by atoms with Gasteiger partial charge in [0.2, 0.25) is 0 Å². The van der Waals surface area contributed by atoms with Crippen LogP contribution in [-0.4, -0.2) is 149 Å². The summed E-state index contributed by atoms with van der Waals surface area (Å²) in [5.74, 6) is 6.68. The molecule has 6 aromatic rings. The molecular weight excluding hydrogens is 921 g/mol. The van der Waals surface area contributed by atoms with Crippen molar-refractivity contribution < 1.29 is 48.1 Å². The Morgan fingerprint density at radius 2 is 1.01 bits per heavy atom. The lowest BCUT2D eigenvalue weighted by Gasteiger charge is -2.24. The second kappa shape index (κ2) is 26.1. The average Bonchev–Trinajstić information content (AvgIpc) is 3.42. The van der Waals surface area contributed by atoms with Crippen LogP contribution in [0.5, 0.6) is 34.5 Å². The predicted molar refractivity (Wildman–Crippen MR) is 276 cm³/mol. The van der Waals surface area contributed by atoms with Crippen LogP contribution in [0.3, 0.4) is 0 Å². The third-order valence-electron chi connectivity index (χ3n) is 12.1. The topological polar surface area (TPSA) is 214 Å². The smallest absolute Gasteiger partial charge is 0.162 e. The van der Waals surface area contributed by atoms with E-state index in [-0.39, 0.29) is 25.3 Å². The molecule has 3 aliphatic heterocycles. The Labute approximate surface area is 420 Å². The lowest BCUT2D eigenvalue weighted by atomic mass is 10.1. The number of ether oxygens (including phenoxy) is 8. The molecule has 18 heteroatoms. The number of fused-ring (bicyclic) bond motifs is 1. The molecular formula is C54H66N8O10. The van der Waals surface area contributed by atoms with Crippen molar-refractivity contribution in [2.75, 3.05) is 105 Å². The molecule has 382 valence electrons. The molecule has 72 heavy (non-hydrogen) atoms. The van der Waals surface area contributed by atoms with Gasteiger partial charge in [-0.05, 0) is 100 Å². The number of methoxy groups -OCH3 is 2. The van der Waals surface area contributed by atoms with E-state index in [4.69, 9.17) is 57.8 Å². The molecule has 2 saturated heterocycles. The Bertz CT molecular complexity index is 2500. The number of anilines is 2. The average molecular weight is 987 g/mol. The molecule has 2 fully saturated rings. The molecule has 0 aliphatic carbocycles. The number of hydrogen-bond donors (Lipinski definition) is 6. The van der Waals surface area contributed by atoms with Crippen LogP contribution in [0.25, 0.3) is 45.3 Å². The highest BCUT2D eigenvalue weighted by Gasteiger charge is 2.20. The van der Waals surface area contributed by atoms with Gasteiger partial charge in [-0.3, -0.25) is 0 Å². The lowest BCUT2D eigenvalue weighted by Crippen LogP contribution is -2.29. The summed E-state index contributed by atoms with van der Waals surface area (Å²) in [6, 6.07) is 31.3. The molecule has 0 saturated carbocycles. The zero-order valence-corrected chi connectivity index (χ0v) is 41.4. The molecule has 6 N–H and O–H groups in total. The molecule has 0 bridgehead atoms. The Kier molecular flexibility index (Phi) is 18.7. The van der Waals surface area contributed by atoms with E-state index in [0.717, 1.165) is 103 Å². The molecule has 0 spiro atoms. The van der Waals surface area contributed by atoms with Gasteiger partial charge in [-0.1, -0.05) is 24.3 Å². The monoisotopic (exact) mass is 986 g/mol. The number of benzene rings is 4. The molecule has 4 aromatic carbocycles. The number of aliphatic hydroxyl groups is 2. The third kappa shape index (κ3) is 14.4. The van der Waals surface area contributed by atoms with E-state index in [2.05, 4.69) is 21.3 Å². The van der Waals surface area contributed by atoms with Crippen molar-refractivity contribution in [3.05, 3.63) is 97.1 Å². The first-order valence-electron chi connectivity index (χ1n) is 24.5. The zero-order chi connectivity index (χ0) is 50.1. The van der Waals surface area contributed by atoms with Crippen LogP contribution >= 0.6 is 0 Å². The summed E-state index contributed by atoms with van der Waals surface area (Å²) in [5.41, 5.74) is 4.97. The van der Waals surface area contributed by atoms with Gasteiger partial charge in [0, 0.05) is 86.0 Å². The van der Waals surface area contributed by atoms with Crippen LogP contribution in [0.1, 0.15) is 25.7 Å². The molecule has 0 radical (unpaired) electrons. The van der Waals surface area contributed by atoms with Gasteiger partial charge in [-0.15, -0.1) is 0 Å². The van der Waals surface area contributed by atoms with Crippen molar-refractivity contribution in [2.45, 2.75) is 50.0 Å². The second-order valence-corrected chi connectivity index (χ2v) is 17.5. The lowest BCUT2D eigenvalue weighted by molar-refractivity contribution is 0.0902. The Balaban J connectivity index is 0.000000193. The fourth-order valence-corrected chi connectivity index (χ4v) is 8.32. The van der Waals surface area contributed by atoms with Crippen LogP contribution in [-0.2, 0) is 9.47 Å². The molecule has 9 rings (SSSR count). The second-order valence-electron chi connectivity index (χ2n) is 17.5. The number of nitrogens with zero attached hydrogens (tertiary/aromatic N) is 4. The minimum Gasteiger partial charge on any atom is -0.493 e. The summed E-state index contributed by atoms with van der Waals surface area (Å²) in [6.45, 7) is 5.32. The van der Waals surface area contributed by atoms with Gasteiger partial charge in [-0.2, -0.15) is 0 Å². The van der Waals surface area contributed by atoms with Gasteiger partial charge in [0.25, 0.3) is 0 Å². The number of hydrogen-bond acceptors (Lipinski definition) is 18. The quantitative estimate of drug-likeness (QED) is 0.0481. The van der Waals surface area contributed by atoms with Crippen LogP contribution in [0, 0.1) is 0 Å². The maximum atomic E-state index is 9.99. The van der Waals surface area contributed by atoms with Gasteiger partial charge in [0.15, 0.2) is 34.6 Å². The van der Waals surface area contributed by atoms with E-state index in [1.165, 1.54) is 0 Å². The number of nitrogens with one attached hydrogen (secondary N) is 4. The summed E-state index contributed by atoms with van der Waals surface area (Å²) in [4.78, 5) is 19.4. The number of rotatable bonds is 20. The standard InChI is InChI=1S/C27H32N4O5.C27H34N4O5/c1-28-16-21(32)17-36-22-4-2-3-19(13-22)27-30-23(15-26(31-27)29-20-7-9-33-10-8-20)18-5-6-24-25(14-18)35-12-11-34-24;1-28-16-21(32)17-36-22-6-4-5-19(13-22)27-30-23(18-7-8-24(33-2)25(14-18)34-3)15-26(31-27)29-20-9-11-35-12-10-20/h2-6,13-15,20-21,28,32H,7-12,16-17H2,1H3,(H,29,30,31);4-8,13-15,20-21,28,32H,9-12,16-17H2,1-3H3,(H,29,30,31). The normalized spacial score (nSPS) is 15.6. The van der Waals surface area contributed by atoms with E-state index < -0.39 is 12.2 Å². The molecule has 2 unspecified atom stereocenters. The van der Waals surface area contributed by atoms with Crippen molar-refractivity contribution >= 4 is 11.6 Å². The molecule has 18 nitrogen and oxygen atoms in total. The highest BCUT2D eigenvalue weighted by molar-refractivity contribution is 5.72. The van der Waals surface area contributed by atoms with Crippen molar-refractivity contribution in [1.82, 2.24) is 30.6 Å². The van der Waals surface area contributed by atoms with Crippen LogP contribution < -0.4 is 49.7 Å². The first-order valence-corrected chi connectivity index (χ1v) is 24.5. The summed E-state index contributed by atoms with van der Waals surface area (Å²) >= 11 is 0. The van der Waals surface area contributed by atoms with E-state index in [1.54, 1.807) is 28.3 Å². The summed E-state index contributed by atoms with van der Waals surface area (Å²) in [6.07, 6.45) is 2.50. The minimum atomic E-state index is -0.599. The van der Waals surface area contributed by atoms with Gasteiger partial charge in [0.05, 0.1) is 25.6 Å². The predicted octanol–water partition coefficient (Wildman–Crippen LogP) is 6.51. The zero-order valence-electron chi connectivity index (χ0n) is 41.4. The SMILES string of the molecule is CNCC(O)COc1cccc(-c2nc(NC3CCOCC3)cc(-c3ccc(OC)c(OC)c3)n2)c1.CNCC(O)COc1cccc(-c2nc(NC3CCOCC3)cc(-c3ccc4c(c3)OCCO4)n2)c1. The van der Waals surface area contributed by atoms with Gasteiger partial charge < -0.3 is 69.4 Å². The van der Waals surface area contributed by atoms with Crippen molar-refractivity contribution in [1.29, 1.82) is 0 Å². The Hall–Kier alpha value is -6.80. The molecule has 0 amide bonds. The van der Waals surface area contributed by atoms with Crippen molar-refractivity contribution in [2.24, 2.45) is 0 Å². The third-order valence-corrected chi connectivity index (χ3v) is 12.1. The largest absolute Gasteiger partial charge is 0.493 e. The van der Waals surface area contributed by atoms with Crippen LogP contribution in [0.4, 0.5) is 11.6 Å². The number of aromatic nitrogens is 4. The molecule has 2 atom stereocenters. The summed E-state index contributed by atoms with van der Waals surface area (Å²) in [5, 5.41) is 33.0. The Morgan fingerprint density at radius 1 is 0.528 bits per heavy atom. The van der Waals surface area contributed by atoms with Gasteiger partial charge >= 0.3 is 0 Å². The number of aliphatic hydroxyl groups excluding tert-OH is 2. The highest BCUT2D eigenvalue weighted by atomic mass is 16.6. The van der Waals surface area contributed by atoms with Crippen LogP contribution in [0.15, 0.2) is 97.1 Å². The minimum absolute atomic E-state index is 0.188. The molecule has 2 aromatic heterocycles. The highest BCUT2D eigenvalue weighted by Crippen LogP contribution is 2.37. The van der Waals surface area contributed by atoms with Gasteiger partial charge in [-0.25, -0.2) is 19.9 Å². The van der Waals surface area contributed by atoms with E-state index >= 15 is 0 Å². The molecule has 5 heterocycles. The van der Waals surface area contributed by atoms with Crippen molar-refractivity contribution in [3.8, 4) is 79.8 Å². The Morgan fingerprint density at radius 3 is 1.51 bits per heavy atom. The van der Waals surface area contributed by atoms with E-state index in [1.807, 2.05) is 97.1 Å². The fourth-order valence-electron chi connectivity index (χ4n) is 8.32. The number of likely N-dealkylation sites (N-methyl/N-ethyl adjacent to an activating group) is 2. The summed E-state index contributed by atoms with van der Waals surface area (Å²) < 4.78 is 45.0. The first-order chi connectivity index (χ1) is 35.3. The first kappa shape index (κ1) is 51.6. The maximum Gasteiger partial charge on any atom is 0.162 e. The summed E-state index contributed by atoms with van der Waals surface area (Å²) in [7, 11) is 6.81. The fraction of sp³-hybridized carbons (Fsp3) is 0.407. The molecule has 3 aliphatic rings.